The zero-order chi connectivity index (χ0) is 13.5. The summed E-state index contributed by atoms with van der Waals surface area (Å²) in [6.07, 6.45) is 6.60. The number of guanidine groups is 1. The molecule has 1 unspecified atom stereocenters. The molecule has 106 valence electrons. The number of nitrogens with zero attached hydrogens (tertiary/aromatic N) is 3. The third-order valence-electron chi connectivity index (χ3n) is 3.14. The average Bonchev–Trinajstić information content (AvgIpc) is 3.05. The van der Waals surface area contributed by atoms with Gasteiger partial charge in [-0.1, -0.05) is 0 Å². The highest BCUT2D eigenvalue weighted by Gasteiger charge is 2.15. The lowest BCUT2D eigenvalue weighted by Gasteiger charge is -2.14. The van der Waals surface area contributed by atoms with Crippen LogP contribution >= 0.6 is 11.8 Å². The Morgan fingerprint density at radius 1 is 1.58 bits per heavy atom. The molecule has 0 aromatic carbocycles. The van der Waals surface area contributed by atoms with E-state index in [1.165, 1.54) is 24.2 Å². The van der Waals surface area contributed by atoms with Crippen molar-refractivity contribution in [3.8, 4) is 0 Å². The van der Waals surface area contributed by atoms with Crippen LogP contribution in [0.1, 0.15) is 18.4 Å². The van der Waals surface area contributed by atoms with Crippen molar-refractivity contribution in [2.45, 2.75) is 31.6 Å². The summed E-state index contributed by atoms with van der Waals surface area (Å²) in [6.45, 7) is 4.74. The molecule has 0 spiro atoms. The van der Waals surface area contributed by atoms with Gasteiger partial charge in [-0.05, 0) is 31.1 Å². The largest absolute Gasteiger partial charge is 0.355 e. The average molecular weight is 281 g/mol. The fraction of sp³-hybridized carbons (Fsp3) is 0.692. The van der Waals surface area contributed by atoms with Crippen LogP contribution in [0.4, 0.5) is 0 Å². The highest BCUT2D eigenvalue weighted by Crippen LogP contribution is 2.25. The van der Waals surface area contributed by atoms with E-state index in [-0.39, 0.29) is 0 Å². The van der Waals surface area contributed by atoms with Gasteiger partial charge >= 0.3 is 0 Å². The molecule has 0 amide bonds. The number of aliphatic imine (C=N–C) groups is 1. The smallest absolute Gasteiger partial charge is 0.191 e. The molecule has 2 rings (SSSR count). The SMILES string of the molecule is CN=C(NCCn1cc(C)cn1)NCC1CCCS1. The van der Waals surface area contributed by atoms with E-state index in [1.54, 1.807) is 0 Å². The quantitative estimate of drug-likeness (QED) is 0.630. The van der Waals surface area contributed by atoms with Gasteiger partial charge < -0.3 is 10.6 Å². The molecule has 0 bridgehead atoms. The maximum absolute atomic E-state index is 4.26. The van der Waals surface area contributed by atoms with E-state index in [4.69, 9.17) is 0 Å². The van der Waals surface area contributed by atoms with E-state index in [9.17, 15) is 0 Å². The number of nitrogens with one attached hydrogen (secondary N) is 2. The van der Waals surface area contributed by atoms with Crippen LogP contribution in [0.5, 0.6) is 0 Å². The first-order valence-electron chi connectivity index (χ1n) is 6.83. The lowest BCUT2D eigenvalue weighted by Crippen LogP contribution is -2.41. The van der Waals surface area contributed by atoms with Crippen molar-refractivity contribution in [3.63, 3.8) is 0 Å². The minimum absolute atomic E-state index is 0.743. The highest BCUT2D eigenvalue weighted by molar-refractivity contribution is 8.00. The maximum atomic E-state index is 4.26. The second-order valence-electron chi connectivity index (χ2n) is 4.80. The first kappa shape index (κ1) is 14.2. The standard InChI is InChI=1S/C13H23N5S/c1-11-8-17-18(10-11)6-5-15-13(14-2)16-9-12-4-3-7-19-12/h8,10,12H,3-7,9H2,1-2H3,(H2,14,15,16). The third-order valence-corrected chi connectivity index (χ3v) is 4.54. The molecule has 0 saturated carbocycles. The van der Waals surface area contributed by atoms with Crippen LogP contribution in [-0.2, 0) is 6.54 Å². The predicted molar refractivity (Wildman–Crippen MR) is 81.8 cm³/mol. The van der Waals surface area contributed by atoms with E-state index in [2.05, 4.69) is 39.4 Å². The van der Waals surface area contributed by atoms with Gasteiger partial charge in [0.05, 0.1) is 12.7 Å². The van der Waals surface area contributed by atoms with Gasteiger partial charge in [0, 0.05) is 31.6 Å². The summed E-state index contributed by atoms with van der Waals surface area (Å²) >= 11 is 2.06. The van der Waals surface area contributed by atoms with Crippen molar-refractivity contribution in [1.82, 2.24) is 20.4 Å². The lowest BCUT2D eigenvalue weighted by molar-refractivity contribution is 0.596. The van der Waals surface area contributed by atoms with Gasteiger partial charge in [-0.25, -0.2) is 0 Å². The molecule has 2 N–H and O–H groups in total. The van der Waals surface area contributed by atoms with E-state index in [0.717, 1.165) is 30.8 Å². The Bertz CT molecular complexity index is 409. The molecule has 6 heteroatoms. The number of hydrogen-bond acceptors (Lipinski definition) is 3. The van der Waals surface area contributed by atoms with Gasteiger partial charge in [0.1, 0.15) is 0 Å². The van der Waals surface area contributed by atoms with Crippen LogP contribution in [0.3, 0.4) is 0 Å². The number of rotatable bonds is 5. The van der Waals surface area contributed by atoms with Gasteiger partial charge in [-0.15, -0.1) is 0 Å². The third kappa shape index (κ3) is 4.78. The minimum Gasteiger partial charge on any atom is -0.355 e. The molecule has 1 aliphatic rings. The maximum Gasteiger partial charge on any atom is 0.191 e. The second-order valence-corrected chi connectivity index (χ2v) is 6.20. The van der Waals surface area contributed by atoms with Crippen molar-refractivity contribution in [1.29, 1.82) is 0 Å². The Kier molecular flexibility index (Phi) is 5.57. The van der Waals surface area contributed by atoms with Crippen molar-refractivity contribution in [2.24, 2.45) is 4.99 Å². The number of aryl methyl sites for hydroxylation is 1. The van der Waals surface area contributed by atoms with Crippen LogP contribution in [-0.4, -0.2) is 46.9 Å². The summed E-state index contributed by atoms with van der Waals surface area (Å²) in [5.41, 5.74) is 1.20. The minimum atomic E-state index is 0.743. The summed E-state index contributed by atoms with van der Waals surface area (Å²) in [7, 11) is 1.81. The van der Waals surface area contributed by atoms with Gasteiger partial charge in [0.2, 0.25) is 0 Å². The van der Waals surface area contributed by atoms with E-state index >= 15 is 0 Å². The zero-order valence-corrected chi connectivity index (χ0v) is 12.5. The van der Waals surface area contributed by atoms with Crippen molar-refractivity contribution >= 4 is 17.7 Å². The van der Waals surface area contributed by atoms with Gasteiger partial charge in [0.15, 0.2) is 5.96 Å². The summed E-state index contributed by atoms with van der Waals surface area (Å²) in [4.78, 5) is 4.24. The molecule has 1 saturated heterocycles. The first-order valence-corrected chi connectivity index (χ1v) is 7.88. The van der Waals surface area contributed by atoms with Crippen LogP contribution in [0, 0.1) is 6.92 Å². The Hall–Kier alpha value is -1.17. The number of thioether (sulfide) groups is 1. The van der Waals surface area contributed by atoms with E-state index in [1.807, 2.05) is 24.1 Å². The molecule has 5 nitrogen and oxygen atoms in total. The normalized spacial score (nSPS) is 19.7. The molecule has 19 heavy (non-hydrogen) atoms. The fourth-order valence-electron chi connectivity index (χ4n) is 2.11. The molecule has 1 aromatic rings. The van der Waals surface area contributed by atoms with Crippen LogP contribution in [0.2, 0.25) is 0 Å². The monoisotopic (exact) mass is 281 g/mol. The van der Waals surface area contributed by atoms with Crippen molar-refractivity contribution < 1.29 is 0 Å². The van der Waals surface area contributed by atoms with Crippen molar-refractivity contribution in [3.05, 3.63) is 18.0 Å². The first-order chi connectivity index (χ1) is 9.28. The molecule has 0 aliphatic carbocycles. The summed E-state index contributed by atoms with van der Waals surface area (Å²) in [6, 6.07) is 0. The molecule has 2 heterocycles. The van der Waals surface area contributed by atoms with Gasteiger partial charge in [-0.3, -0.25) is 9.67 Å². The van der Waals surface area contributed by atoms with Crippen LogP contribution in [0.15, 0.2) is 17.4 Å². The lowest BCUT2D eigenvalue weighted by atomic mass is 10.2. The number of aromatic nitrogens is 2. The van der Waals surface area contributed by atoms with E-state index in [0.29, 0.717) is 0 Å². The topological polar surface area (TPSA) is 54.2 Å². The number of hydrogen-bond donors (Lipinski definition) is 2. The van der Waals surface area contributed by atoms with Crippen LogP contribution in [0.25, 0.3) is 0 Å². The summed E-state index contributed by atoms with van der Waals surface area (Å²) in [5, 5.41) is 11.7. The second kappa shape index (κ2) is 7.43. The Morgan fingerprint density at radius 2 is 2.47 bits per heavy atom. The predicted octanol–water partition coefficient (Wildman–Crippen LogP) is 1.25. The Labute approximate surface area is 119 Å². The van der Waals surface area contributed by atoms with Gasteiger partial charge in [-0.2, -0.15) is 16.9 Å². The van der Waals surface area contributed by atoms with Crippen LogP contribution < -0.4 is 10.6 Å². The summed E-state index contributed by atoms with van der Waals surface area (Å²) < 4.78 is 1.95. The molecular formula is C13H23N5S. The van der Waals surface area contributed by atoms with Gasteiger partial charge in [0.25, 0.3) is 0 Å². The zero-order valence-electron chi connectivity index (χ0n) is 11.7. The molecule has 1 atom stereocenters. The highest BCUT2D eigenvalue weighted by atomic mass is 32.2. The fourth-order valence-corrected chi connectivity index (χ4v) is 3.32. The molecule has 1 aliphatic heterocycles. The van der Waals surface area contributed by atoms with E-state index < -0.39 is 0 Å². The summed E-state index contributed by atoms with van der Waals surface area (Å²) in [5.74, 6) is 2.19. The molecule has 0 radical (unpaired) electrons. The molecule has 1 aromatic heterocycles. The molecular weight excluding hydrogens is 258 g/mol. The Balaban J connectivity index is 1.64. The molecule has 1 fully saturated rings. The van der Waals surface area contributed by atoms with Crippen molar-refractivity contribution in [2.75, 3.05) is 25.9 Å². The Morgan fingerprint density at radius 3 is 3.11 bits per heavy atom.